The van der Waals surface area contributed by atoms with E-state index in [1.165, 1.54) is 17.3 Å². The van der Waals surface area contributed by atoms with Crippen molar-refractivity contribution in [2.45, 2.75) is 30.7 Å². The summed E-state index contributed by atoms with van der Waals surface area (Å²) in [6.07, 6.45) is 1.56. The molecule has 0 N–H and O–H groups in total. The number of ketones is 1. The van der Waals surface area contributed by atoms with Gasteiger partial charge in [-0.25, -0.2) is 8.42 Å². The molecule has 0 amide bonds. The van der Waals surface area contributed by atoms with Gasteiger partial charge in [-0.15, -0.1) is 0 Å². The van der Waals surface area contributed by atoms with E-state index in [0.717, 1.165) is 18.4 Å². The smallest absolute Gasteiger partial charge is 0.243 e. The van der Waals surface area contributed by atoms with Crippen LogP contribution in [0.25, 0.3) is 0 Å². The average molecular weight is 359 g/mol. The molecule has 1 aliphatic rings. The first-order chi connectivity index (χ1) is 11.9. The van der Waals surface area contributed by atoms with Crippen LogP contribution in [0.3, 0.4) is 0 Å². The van der Waals surface area contributed by atoms with E-state index in [2.05, 4.69) is 0 Å². The lowest BCUT2D eigenvalue weighted by molar-refractivity contribution is 0.101. The van der Waals surface area contributed by atoms with Gasteiger partial charge in [0.25, 0.3) is 0 Å². The van der Waals surface area contributed by atoms with Crippen LogP contribution in [0.5, 0.6) is 5.75 Å². The second kappa shape index (κ2) is 6.98. The Kier molecular flexibility index (Phi) is 4.92. The molecule has 5 nitrogen and oxygen atoms in total. The lowest BCUT2D eigenvalue weighted by atomic mass is 10.1. The van der Waals surface area contributed by atoms with Crippen molar-refractivity contribution in [2.75, 3.05) is 13.7 Å². The first-order valence-corrected chi connectivity index (χ1v) is 9.64. The number of Topliss-reactive ketones (excluding diaryl/α,β-unsaturated/α-hetero) is 1. The van der Waals surface area contributed by atoms with Crippen molar-refractivity contribution in [3.63, 3.8) is 0 Å². The molecule has 0 aromatic heterocycles. The number of hydrogen-bond acceptors (Lipinski definition) is 4. The van der Waals surface area contributed by atoms with E-state index in [1.54, 1.807) is 25.3 Å². The molecule has 25 heavy (non-hydrogen) atoms. The van der Waals surface area contributed by atoms with E-state index in [4.69, 9.17) is 4.74 Å². The van der Waals surface area contributed by atoms with E-state index >= 15 is 0 Å². The molecule has 0 aliphatic carbocycles. The normalized spacial score (nSPS) is 18.2. The molecule has 0 bridgehead atoms. The Morgan fingerprint density at radius 2 is 1.92 bits per heavy atom. The van der Waals surface area contributed by atoms with Gasteiger partial charge in [-0.05, 0) is 49.6 Å². The fraction of sp³-hybridized carbons (Fsp3) is 0.316. The molecule has 0 spiro atoms. The Hall–Kier alpha value is -2.18. The average Bonchev–Trinajstić information content (AvgIpc) is 3.12. The van der Waals surface area contributed by atoms with Crippen LogP contribution < -0.4 is 4.74 Å². The number of nitrogens with zero attached hydrogens (tertiary/aromatic N) is 1. The summed E-state index contributed by atoms with van der Waals surface area (Å²) in [6, 6.07) is 13.5. The van der Waals surface area contributed by atoms with E-state index in [-0.39, 0.29) is 16.7 Å². The van der Waals surface area contributed by atoms with E-state index < -0.39 is 10.0 Å². The first-order valence-electron chi connectivity index (χ1n) is 8.20. The molecule has 1 heterocycles. The summed E-state index contributed by atoms with van der Waals surface area (Å²) in [5.74, 6) is 0.558. The van der Waals surface area contributed by atoms with Crippen molar-refractivity contribution in [2.24, 2.45) is 0 Å². The molecule has 1 atom stereocenters. The molecule has 2 aromatic rings. The number of carbonyl (C=O) groups excluding carboxylic acids is 1. The van der Waals surface area contributed by atoms with Gasteiger partial charge < -0.3 is 4.74 Å². The third kappa shape index (κ3) is 3.45. The molecule has 2 aromatic carbocycles. The molecular formula is C19H21NO4S. The number of ether oxygens (including phenoxy) is 1. The molecular weight excluding hydrogens is 338 g/mol. The minimum Gasteiger partial charge on any atom is -0.497 e. The lowest BCUT2D eigenvalue weighted by Gasteiger charge is -2.25. The quantitative estimate of drug-likeness (QED) is 0.768. The van der Waals surface area contributed by atoms with Gasteiger partial charge in [0.2, 0.25) is 10.0 Å². The fourth-order valence-electron chi connectivity index (χ4n) is 3.22. The molecule has 0 saturated carbocycles. The Balaban J connectivity index is 1.98. The Morgan fingerprint density at radius 3 is 2.64 bits per heavy atom. The maximum absolute atomic E-state index is 13.1. The lowest BCUT2D eigenvalue weighted by Crippen LogP contribution is -2.30. The van der Waals surface area contributed by atoms with Crippen LogP contribution in [0.15, 0.2) is 53.4 Å². The van der Waals surface area contributed by atoms with Gasteiger partial charge in [-0.3, -0.25) is 4.79 Å². The number of hydrogen-bond donors (Lipinski definition) is 0. The second-order valence-corrected chi connectivity index (χ2v) is 8.02. The molecule has 1 fully saturated rings. The summed E-state index contributed by atoms with van der Waals surface area (Å²) in [5, 5.41) is 0. The maximum atomic E-state index is 13.1. The maximum Gasteiger partial charge on any atom is 0.243 e. The molecule has 6 heteroatoms. The summed E-state index contributed by atoms with van der Waals surface area (Å²) in [4.78, 5) is 11.7. The topological polar surface area (TPSA) is 63.7 Å². The number of methoxy groups -OCH3 is 1. The standard InChI is InChI=1S/C19H21NO4S/c1-14(21)15-6-4-9-18(13-15)25(22,23)20-11-5-10-19(20)16-7-3-8-17(12-16)24-2/h3-4,6-9,12-13,19H,5,10-11H2,1-2H3. The molecule has 1 saturated heterocycles. The van der Waals surface area contributed by atoms with Crippen molar-refractivity contribution in [1.29, 1.82) is 0 Å². The number of benzene rings is 2. The molecule has 1 aliphatic heterocycles. The van der Waals surface area contributed by atoms with Crippen molar-refractivity contribution < 1.29 is 17.9 Å². The highest BCUT2D eigenvalue weighted by atomic mass is 32.2. The highest BCUT2D eigenvalue weighted by Gasteiger charge is 2.36. The monoisotopic (exact) mass is 359 g/mol. The highest BCUT2D eigenvalue weighted by molar-refractivity contribution is 7.89. The minimum atomic E-state index is -3.67. The van der Waals surface area contributed by atoms with Crippen LogP contribution in [-0.2, 0) is 10.0 Å². The van der Waals surface area contributed by atoms with Crippen molar-refractivity contribution in [3.8, 4) is 5.75 Å². The number of carbonyl (C=O) groups is 1. The highest BCUT2D eigenvalue weighted by Crippen LogP contribution is 2.37. The summed E-state index contributed by atoms with van der Waals surface area (Å²) in [6.45, 7) is 1.90. The summed E-state index contributed by atoms with van der Waals surface area (Å²) in [5.41, 5.74) is 1.32. The Labute approximate surface area is 148 Å². The van der Waals surface area contributed by atoms with Crippen molar-refractivity contribution in [3.05, 3.63) is 59.7 Å². The fourth-order valence-corrected chi connectivity index (χ4v) is 4.95. The van der Waals surface area contributed by atoms with Gasteiger partial charge in [0.15, 0.2) is 5.78 Å². The molecule has 3 rings (SSSR count). The van der Waals surface area contributed by atoms with Gasteiger partial charge in [0, 0.05) is 12.1 Å². The number of rotatable bonds is 5. The van der Waals surface area contributed by atoms with Crippen LogP contribution in [0, 0.1) is 0 Å². The van der Waals surface area contributed by atoms with Gasteiger partial charge in [0.1, 0.15) is 5.75 Å². The van der Waals surface area contributed by atoms with Crippen LogP contribution in [-0.4, -0.2) is 32.2 Å². The largest absolute Gasteiger partial charge is 0.497 e. The minimum absolute atomic E-state index is 0.150. The third-order valence-corrected chi connectivity index (χ3v) is 6.43. The van der Waals surface area contributed by atoms with Gasteiger partial charge >= 0.3 is 0 Å². The van der Waals surface area contributed by atoms with Crippen molar-refractivity contribution >= 4 is 15.8 Å². The zero-order chi connectivity index (χ0) is 18.0. The van der Waals surface area contributed by atoms with E-state index in [1.807, 2.05) is 24.3 Å². The molecule has 132 valence electrons. The van der Waals surface area contributed by atoms with E-state index in [9.17, 15) is 13.2 Å². The predicted octanol–water partition coefficient (Wildman–Crippen LogP) is 3.42. The molecule has 1 unspecified atom stereocenters. The summed E-state index contributed by atoms with van der Waals surface area (Å²) < 4.78 is 33.0. The third-order valence-electron chi connectivity index (χ3n) is 4.53. The van der Waals surface area contributed by atoms with E-state index in [0.29, 0.717) is 17.9 Å². The van der Waals surface area contributed by atoms with Crippen LogP contribution in [0.2, 0.25) is 0 Å². The Morgan fingerprint density at radius 1 is 1.16 bits per heavy atom. The SMILES string of the molecule is COc1cccc(C2CCCN2S(=O)(=O)c2cccc(C(C)=O)c2)c1. The molecule has 0 radical (unpaired) electrons. The van der Waals surface area contributed by atoms with Gasteiger partial charge in [-0.1, -0.05) is 24.3 Å². The summed E-state index contributed by atoms with van der Waals surface area (Å²) >= 11 is 0. The predicted molar refractivity (Wildman–Crippen MR) is 95.3 cm³/mol. The summed E-state index contributed by atoms with van der Waals surface area (Å²) in [7, 11) is -2.08. The first kappa shape index (κ1) is 17.6. The second-order valence-electron chi connectivity index (χ2n) is 6.13. The van der Waals surface area contributed by atoms with Crippen LogP contribution >= 0.6 is 0 Å². The Bertz CT molecular complexity index is 892. The zero-order valence-electron chi connectivity index (χ0n) is 14.3. The van der Waals surface area contributed by atoms with Gasteiger partial charge in [0.05, 0.1) is 18.0 Å². The zero-order valence-corrected chi connectivity index (χ0v) is 15.1. The van der Waals surface area contributed by atoms with Gasteiger partial charge in [-0.2, -0.15) is 4.31 Å². The number of sulfonamides is 1. The van der Waals surface area contributed by atoms with Crippen LogP contribution in [0.4, 0.5) is 0 Å². The van der Waals surface area contributed by atoms with Crippen LogP contribution in [0.1, 0.15) is 41.7 Å². The van der Waals surface area contributed by atoms with Crippen molar-refractivity contribution in [1.82, 2.24) is 4.31 Å².